The van der Waals surface area contributed by atoms with E-state index < -0.39 is 6.10 Å². The van der Waals surface area contributed by atoms with Crippen LogP contribution in [0.25, 0.3) is 0 Å². The molecule has 1 amide bonds. The smallest absolute Gasteiger partial charge is 0.261 e. The van der Waals surface area contributed by atoms with Crippen LogP contribution in [0.15, 0.2) is 47.1 Å². The predicted octanol–water partition coefficient (Wildman–Crippen LogP) is 3.06. The van der Waals surface area contributed by atoms with Crippen molar-refractivity contribution in [1.82, 2.24) is 5.32 Å². The molecule has 0 spiro atoms. The summed E-state index contributed by atoms with van der Waals surface area (Å²) in [5.41, 5.74) is 1.16. The van der Waals surface area contributed by atoms with Crippen molar-refractivity contribution in [2.75, 3.05) is 0 Å². The molecule has 1 aromatic heterocycles. The van der Waals surface area contributed by atoms with E-state index in [1.165, 1.54) is 0 Å². The highest BCUT2D eigenvalue weighted by Gasteiger charge is 2.18. The van der Waals surface area contributed by atoms with E-state index in [4.69, 9.17) is 9.15 Å². The molecule has 4 heteroatoms. The van der Waals surface area contributed by atoms with Crippen molar-refractivity contribution in [3.05, 3.63) is 54.0 Å². The number of amides is 1. The number of hydrogen-bond donors (Lipinski definition) is 1. The van der Waals surface area contributed by atoms with Crippen LogP contribution in [0.1, 0.15) is 24.7 Å². The average molecular weight is 273 g/mol. The fourth-order valence-corrected chi connectivity index (χ4v) is 1.80. The highest BCUT2D eigenvalue weighted by atomic mass is 16.5. The second-order valence-electron chi connectivity index (χ2n) is 4.62. The second kappa shape index (κ2) is 6.80. The quantitative estimate of drug-likeness (QED) is 0.880. The molecule has 20 heavy (non-hydrogen) atoms. The Morgan fingerprint density at radius 1 is 1.30 bits per heavy atom. The van der Waals surface area contributed by atoms with Crippen molar-refractivity contribution in [3.8, 4) is 5.75 Å². The number of rotatable bonds is 6. The van der Waals surface area contributed by atoms with E-state index in [2.05, 4.69) is 5.32 Å². The summed E-state index contributed by atoms with van der Waals surface area (Å²) in [5.74, 6) is 1.30. The van der Waals surface area contributed by atoms with Crippen LogP contribution >= 0.6 is 0 Å². The van der Waals surface area contributed by atoms with Gasteiger partial charge < -0.3 is 14.5 Å². The summed E-state index contributed by atoms with van der Waals surface area (Å²) in [6.07, 6.45) is 1.70. The third-order valence-electron chi connectivity index (χ3n) is 2.98. The maximum absolute atomic E-state index is 12.1. The molecule has 0 aliphatic heterocycles. The highest BCUT2D eigenvalue weighted by molar-refractivity contribution is 5.81. The average Bonchev–Trinajstić information content (AvgIpc) is 2.97. The molecule has 0 bridgehead atoms. The molecule has 106 valence electrons. The van der Waals surface area contributed by atoms with Crippen molar-refractivity contribution in [3.63, 3.8) is 0 Å². The molecule has 0 radical (unpaired) electrons. The number of aryl methyl sites for hydroxylation is 1. The van der Waals surface area contributed by atoms with Crippen LogP contribution in [-0.4, -0.2) is 12.0 Å². The third-order valence-corrected chi connectivity index (χ3v) is 2.98. The first-order chi connectivity index (χ1) is 9.69. The van der Waals surface area contributed by atoms with Gasteiger partial charge in [0.05, 0.1) is 12.8 Å². The molecule has 1 heterocycles. The molecular formula is C16H19NO3. The maximum atomic E-state index is 12.1. The fourth-order valence-electron chi connectivity index (χ4n) is 1.80. The van der Waals surface area contributed by atoms with Gasteiger partial charge in [0.2, 0.25) is 0 Å². The number of carbonyl (C=O) groups is 1. The van der Waals surface area contributed by atoms with E-state index in [1.807, 2.05) is 44.2 Å². The normalized spacial score (nSPS) is 11.9. The Balaban J connectivity index is 1.90. The van der Waals surface area contributed by atoms with Gasteiger partial charge in [0.25, 0.3) is 5.91 Å². The summed E-state index contributed by atoms with van der Waals surface area (Å²) in [6.45, 7) is 4.31. The maximum Gasteiger partial charge on any atom is 0.261 e. The van der Waals surface area contributed by atoms with E-state index >= 15 is 0 Å². The van der Waals surface area contributed by atoms with Gasteiger partial charge in [-0.25, -0.2) is 0 Å². The van der Waals surface area contributed by atoms with Crippen molar-refractivity contribution in [1.29, 1.82) is 0 Å². The van der Waals surface area contributed by atoms with Crippen LogP contribution < -0.4 is 10.1 Å². The van der Waals surface area contributed by atoms with Gasteiger partial charge in [-0.15, -0.1) is 0 Å². The monoisotopic (exact) mass is 273 g/mol. The Kier molecular flexibility index (Phi) is 4.82. The van der Waals surface area contributed by atoms with Gasteiger partial charge in [0.15, 0.2) is 6.10 Å². The van der Waals surface area contributed by atoms with Gasteiger partial charge in [-0.2, -0.15) is 0 Å². The molecule has 0 aliphatic carbocycles. The number of carbonyl (C=O) groups excluding carboxylic acids is 1. The lowest BCUT2D eigenvalue weighted by Gasteiger charge is -2.17. The summed E-state index contributed by atoms with van der Waals surface area (Å²) in [5, 5.41) is 2.81. The van der Waals surface area contributed by atoms with Crippen LogP contribution in [0.4, 0.5) is 0 Å². The molecule has 0 saturated heterocycles. The summed E-state index contributed by atoms with van der Waals surface area (Å²) in [7, 11) is 0. The first kappa shape index (κ1) is 14.2. The minimum absolute atomic E-state index is 0.135. The molecule has 0 saturated carbocycles. The lowest BCUT2D eigenvalue weighted by molar-refractivity contribution is -0.128. The minimum atomic E-state index is -0.493. The SMILES string of the molecule is CC[C@@H](Oc1ccc(C)cc1)C(=O)NCc1ccco1. The van der Waals surface area contributed by atoms with Crippen molar-refractivity contribution in [2.24, 2.45) is 0 Å². The predicted molar refractivity (Wildman–Crippen MR) is 76.4 cm³/mol. The molecule has 1 N–H and O–H groups in total. The van der Waals surface area contributed by atoms with Gasteiger partial charge in [-0.3, -0.25) is 4.79 Å². The molecule has 2 aromatic rings. The van der Waals surface area contributed by atoms with E-state index in [0.29, 0.717) is 18.7 Å². The topological polar surface area (TPSA) is 51.5 Å². The van der Waals surface area contributed by atoms with Gasteiger partial charge in [-0.05, 0) is 37.6 Å². The molecule has 0 unspecified atom stereocenters. The zero-order chi connectivity index (χ0) is 14.4. The zero-order valence-electron chi connectivity index (χ0n) is 11.8. The first-order valence-electron chi connectivity index (χ1n) is 6.72. The zero-order valence-corrected chi connectivity index (χ0v) is 11.8. The van der Waals surface area contributed by atoms with Gasteiger partial charge >= 0.3 is 0 Å². The summed E-state index contributed by atoms with van der Waals surface area (Å²) >= 11 is 0. The number of ether oxygens (including phenoxy) is 1. The Morgan fingerprint density at radius 3 is 2.65 bits per heavy atom. The van der Waals surface area contributed by atoms with Crippen LogP contribution in [0, 0.1) is 6.92 Å². The molecule has 0 aliphatic rings. The second-order valence-corrected chi connectivity index (χ2v) is 4.62. The number of benzene rings is 1. The van der Waals surface area contributed by atoms with Gasteiger partial charge in [0, 0.05) is 0 Å². The van der Waals surface area contributed by atoms with E-state index in [-0.39, 0.29) is 5.91 Å². The lowest BCUT2D eigenvalue weighted by atomic mass is 10.2. The highest BCUT2D eigenvalue weighted by Crippen LogP contribution is 2.14. The standard InChI is InChI=1S/C16H19NO3/c1-3-15(20-13-8-6-12(2)7-9-13)16(18)17-11-14-5-4-10-19-14/h4-10,15H,3,11H2,1-2H3,(H,17,18)/t15-/m1/s1. The van der Waals surface area contributed by atoms with Gasteiger partial charge in [0.1, 0.15) is 11.5 Å². The van der Waals surface area contributed by atoms with Crippen molar-refractivity contribution < 1.29 is 13.9 Å². The number of hydrogen-bond acceptors (Lipinski definition) is 3. The molecule has 4 nitrogen and oxygen atoms in total. The number of furan rings is 1. The van der Waals surface area contributed by atoms with Crippen LogP contribution in [0.5, 0.6) is 5.75 Å². The van der Waals surface area contributed by atoms with E-state index in [9.17, 15) is 4.79 Å². The Morgan fingerprint density at radius 2 is 2.05 bits per heavy atom. The van der Waals surface area contributed by atoms with Gasteiger partial charge in [-0.1, -0.05) is 24.6 Å². The van der Waals surface area contributed by atoms with E-state index in [0.717, 1.165) is 11.3 Å². The van der Waals surface area contributed by atoms with E-state index in [1.54, 1.807) is 12.3 Å². The minimum Gasteiger partial charge on any atom is -0.481 e. The Hall–Kier alpha value is -2.23. The van der Waals surface area contributed by atoms with Crippen LogP contribution in [-0.2, 0) is 11.3 Å². The Bertz CT molecular complexity index is 531. The molecule has 1 atom stereocenters. The molecule has 2 rings (SSSR count). The third kappa shape index (κ3) is 3.88. The number of nitrogens with one attached hydrogen (secondary N) is 1. The Labute approximate surface area is 118 Å². The fraction of sp³-hybridized carbons (Fsp3) is 0.312. The summed E-state index contributed by atoms with van der Waals surface area (Å²) in [4.78, 5) is 12.1. The molecule has 1 aromatic carbocycles. The summed E-state index contributed by atoms with van der Waals surface area (Å²) in [6, 6.07) is 11.3. The van der Waals surface area contributed by atoms with Crippen LogP contribution in [0.3, 0.4) is 0 Å². The summed E-state index contributed by atoms with van der Waals surface area (Å²) < 4.78 is 10.9. The molecular weight excluding hydrogens is 254 g/mol. The van der Waals surface area contributed by atoms with Crippen molar-refractivity contribution >= 4 is 5.91 Å². The first-order valence-corrected chi connectivity index (χ1v) is 6.72. The lowest BCUT2D eigenvalue weighted by Crippen LogP contribution is -2.37. The van der Waals surface area contributed by atoms with Crippen LogP contribution in [0.2, 0.25) is 0 Å². The largest absolute Gasteiger partial charge is 0.481 e. The molecule has 0 fully saturated rings. The van der Waals surface area contributed by atoms with Crippen molar-refractivity contribution in [2.45, 2.75) is 32.9 Å².